The van der Waals surface area contributed by atoms with Crippen LogP contribution in [0.15, 0.2) is 72.7 Å². The van der Waals surface area contributed by atoms with Crippen molar-refractivity contribution in [1.29, 1.82) is 0 Å². The molecule has 9 heteroatoms. The maximum absolute atomic E-state index is 14.4. The van der Waals surface area contributed by atoms with Crippen LogP contribution in [0.5, 0.6) is 0 Å². The summed E-state index contributed by atoms with van der Waals surface area (Å²) in [7, 11) is -1.92. The van der Waals surface area contributed by atoms with Crippen LogP contribution in [0.2, 0.25) is 0 Å². The summed E-state index contributed by atoms with van der Waals surface area (Å²) in [6.45, 7) is 3.81. The molecule has 5 nitrogen and oxygen atoms in total. The minimum atomic E-state index is -1.92. The number of pyridine rings is 1. The van der Waals surface area contributed by atoms with Gasteiger partial charge in [-0.15, -0.1) is 0 Å². The zero-order valence-electron chi connectivity index (χ0n) is 16.0. The summed E-state index contributed by atoms with van der Waals surface area (Å²) >= 11 is 5.89. The molecule has 4 rings (SSSR count). The van der Waals surface area contributed by atoms with Crippen LogP contribution in [-0.4, -0.2) is 32.3 Å². The van der Waals surface area contributed by atoms with E-state index in [4.69, 9.17) is 11.6 Å². The lowest BCUT2D eigenvalue weighted by Crippen LogP contribution is -2.32. The fraction of sp³-hybridized carbons (Fsp3) is 0. The van der Waals surface area contributed by atoms with E-state index in [9.17, 15) is 18.8 Å². The quantitative estimate of drug-likeness (QED) is 0.323. The summed E-state index contributed by atoms with van der Waals surface area (Å²) in [4.78, 5) is 4.65. The van der Waals surface area contributed by atoms with Crippen molar-refractivity contribution in [3.05, 3.63) is 84.1 Å². The van der Waals surface area contributed by atoms with Crippen molar-refractivity contribution in [3.8, 4) is 11.3 Å². The Kier molecular flexibility index (Phi) is 5.69. The van der Waals surface area contributed by atoms with Crippen LogP contribution < -0.4 is 5.46 Å². The maximum atomic E-state index is 14.4. The second-order valence-corrected chi connectivity index (χ2v) is 7.19. The number of hydrogen-bond acceptors (Lipinski definition) is 4. The highest BCUT2D eigenvalue weighted by atomic mass is 35.5. The molecule has 2 aromatic heterocycles. The van der Waals surface area contributed by atoms with Crippen LogP contribution >= 0.6 is 11.6 Å². The molecule has 0 saturated carbocycles. The zero-order chi connectivity index (χ0) is 22.1. The lowest BCUT2D eigenvalue weighted by atomic mass is 9.79. The van der Waals surface area contributed by atoms with Crippen molar-refractivity contribution in [3.63, 3.8) is 0 Å². The molecule has 2 aromatic carbocycles. The highest BCUT2D eigenvalue weighted by Crippen LogP contribution is 2.35. The van der Waals surface area contributed by atoms with Gasteiger partial charge in [0.2, 0.25) is 0 Å². The first kappa shape index (κ1) is 20.9. The van der Waals surface area contributed by atoms with Crippen LogP contribution in [0.3, 0.4) is 0 Å². The van der Waals surface area contributed by atoms with Crippen molar-refractivity contribution >= 4 is 51.6 Å². The van der Waals surface area contributed by atoms with Gasteiger partial charge < -0.3 is 10.0 Å². The second-order valence-electron chi connectivity index (χ2n) is 6.75. The van der Waals surface area contributed by atoms with Gasteiger partial charge in [0.05, 0.1) is 28.0 Å². The van der Waals surface area contributed by atoms with Crippen LogP contribution in [0.4, 0.5) is 8.78 Å². The Bertz CT molecular complexity index is 1380. The van der Waals surface area contributed by atoms with E-state index in [1.54, 1.807) is 18.3 Å². The lowest BCUT2D eigenvalue weighted by molar-refractivity contribution is 0.423. The van der Waals surface area contributed by atoms with Crippen molar-refractivity contribution < 1.29 is 18.8 Å². The molecule has 154 valence electrons. The summed E-state index contributed by atoms with van der Waals surface area (Å²) < 4.78 is 27.3. The highest BCUT2D eigenvalue weighted by molar-refractivity contribution is 6.58. The molecule has 3 N–H and O–H groups in total. The topological polar surface area (TPSA) is 82.0 Å². The van der Waals surface area contributed by atoms with Gasteiger partial charge in [-0.1, -0.05) is 36.4 Å². The number of halogens is 3. The number of hydrogen-bond donors (Lipinski definition) is 3. The highest BCUT2D eigenvalue weighted by Gasteiger charge is 2.19. The fourth-order valence-corrected chi connectivity index (χ4v) is 3.57. The number of H-pyrrole nitrogens is 1. The summed E-state index contributed by atoms with van der Waals surface area (Å²) in [6, 6.07) is 9.33. The predicted octanol–water partition coefficient (Wildman–Crippen LogP) is 4.22. The van der Waals surface area contributed by atoms with Crippen molar-refractivity contribution in [2.45, 2.75) is 0 Å². The number of benzene rings is 2. The minimum absolute atomic E-state index is 0.117. The molecule has 2 heterocycles. The Morgan fingerprint density at radius 1 is 1.19 bits per heavy atom. The van der Waals surface area contributed by atoms with Gasteiger partial charge in [0, 0.05) is 21.8 Å². The number of aromatic amines is 1. The van der Waals surface area contributed by atoms with E-state index in [2.05, 4.69) is 21.8 Å². The SMILES string of the molecule is C=C/C(=C\C(Cl)=C\F)c1cc(-c2ccc(B(O)O)c(F)c2)nc2ccc3[nH]ncc3c12. The smallest absolute Gasteiger partial charge is 0.423 e. The van der Waals surface area contributed by atoms with Gasteiger partial charge in [0.25, 0.3) is 0 Å². The second kappa shape index (κ2) is 8.43. The van der Waals surface area contributed by atoms with Crippen LogP contribution in [0, 0.1) is 5.82 Å². The standard InChI is InChI=1S/C22H15BClF2N3O2/c1-2-12(7-14(24)10-25)15-9-21(13-3-4-17(23(30)31)18(26)8-13)28-20-6-5-19-16(22(15)20)11-27-29-19/h2-11,30-31H,1H2,(H,27,29)/b12-7+,14-10-. The molecule has 0 spiro atoms. The van der Waals surface area contributed by atoms with E-state index in [-0.39, 0.29) is 16.8 Å². The minimum Gasteiger partial charge on any atom is -0.423 e. The fourth-order valence-electron chi connectivity index (χ4n) is 3.45. The average Bonchev–Trinajstić information content (AvgIpc) is 3.25. The molecule has 0 aliphatic rings. The molecule has 0 bridgehead atoms. The van der Waals surface area contributed by atoms with Crippen molar-refractivity contribution in [2.75, 3.05) is 0 Å². The molecule has 0 unspecified atom stereocenters. The van der Waals surface area contributed by atoms with Gasteiger partial charge in [-0.25, -0.2) is 13.8 Å². The van der Waals surface area contributed by atoms with Crippen molar-refractivity contribution in [2.24, 2.45) is 0 Å². The number of fused-ring (bicyclic) bond motifs is 3. The van der Waals surface area contributed by atoms with E-state index in [0.29, 0.717) is 27.9 Å². The predicted molar refractivity (Wildman–Crippen MR) is 120 cm³/mol. The first-order valence-electron chi connectivity index (χ1n) is 9.16. The van der Waals surface area contributed by atoms with E-state index in [1.807, 2.05) is 6.07 Å². The molecule has 0 amide bonds. The summed E-state index contributed by atoms with van der Waals surface area (Å²) in [5.41, 5.74) is 3.17. The molecule has 31 heavy (non-hydrogen) atoms. The summed E-state index contributed by atoms with van der Waals surface area (Å²) in [5.74, 6) is -0.774. The normalized spacial score (nSPS) is 12.5. The Balaban J connectivity index is 2.04. The molecular formula is C22H15BClF2N3O2. The van der Waals surface area contributed by atoms with Gasteiger partial charge in [-0.05, 0) is 41.5 Å². The third-order valence-electron chi connectivity index (χ3n) is 4.90. The maximum Gasteiger partial charge on any atom is 0.491 e. The molecule has 0 aliphatic heterocycles. The Morgan fingerprint density at radius 3 is 2.68 bits per heavy atom. The van der Waals surface area contributed by atoms with Gasteiger partial charge in [0.1, 0.15) is 12.1 Å². The number of aromatic nitrogens is 3. The van der Waals surface area contributed by atoms with Crippen LogP contribution in [0.25, 0.3) is 38.6 Å². The third kappa shape index (κ3) is 3.88. The van der Waals surface area contributed by atoms with Gasteiger partial charge in [-0.3, -0.25) is 5.10 Å². The molecule has 4 aromatic rings. The van der Waals surface area contributed by atoms with Crippen molar-refractivity contribution in [1.82, 2.24) is 15.2 Å². The first-order valence-corrected chi connectivity index (χ1v) is 9.54. The Labute approximate surface area is 181 Å². The van der Waals surface area contributed by atoms with E-state index in [0.717, 1.165) is 16.3 Å². The van der Waals surface area contributed by atoms with E-state index < -0.39 is 12.9 Å². The van der Waals surface area contributed by atoms with E-state index in [1.165, 1.54) is 30.4 Å². The third-order valence-corrected chi connectivity index (χ3v) is 5.09. The number of nitrogens with zero attached hydrogens (tertiary/aromatic N) is 2. The zero-order valence-corrected chi connectivity index (χ0v) is 16.7. The number of rotatable bonds is 5. The van der Waals surface area contributed by atoms with Crippen LogP contribution in [-0.2, 0) is 0 Å². The molecular weight excluding hydrogens is 423 g/mol. The summed E-state index contributed by atoms with van der Waals surface area (Å²) in [5, 5.41) is 26.9. The van der Waals surface area contributed by atoms with Gasteiger partial charge >= 0.3 is 7.12 Å². The van der Waals surface area contributed by atoms with E-state index >= 15 is 0 Å². The molecule has 0 atom stereocenters. The number of allylic oxidation sites excluding steroid dienone is 4. The molecule has 0 aliphatic carbocycles. The van der Waals surface area contributed by atoms with Crippen LogP contribution in [0.1, 0.15) is 5.56 Å². The first-order chi connectivity index (χ1) is 14.9. The Hall–Kier alpha value is -3.33. The average molecular weight is 438 g/mol. The Morgan fingerprint density at radius 2 is 2.00 bits per heavy atom. The largest absolute Gasteiger partial charge is 0.491 e. The summed E-state index contributed by atoms with van der Waals surface area (Å²) in [6.07, 6.45) is 4.90. The van der Waals surface area contributed by atoms with Gasteiger partial charge in [-0.2, -0.15) is 5.10 Å². The van der Waals surface area contributed by atoms with Gasteiger partial charge in [0.15, 0.2) is 0 Å². The molecule has 0 saturated heterocycles. The number of nitrogens with one attached hydrogen (secondary N) is 1. The lowest BCUT2D eigenvalue weighted by Gasteiger charge is -2.13. The molecule has 0 fully saturated rings. The monoisotopic (exact) mass is 437 g/mol. The molecule has 0 radical (unpaired) electrons.